The smallest absolute Gasteiger partial charge is 0.387 e. The molecule has 1 fully saturated rings. The Morgan fingerprint density at radius 1 is 1.12 bits per heavy atom. The van der Waals surface area contributed by atoms with Crippen molar-refractivity contribution < 1.29 is 41.0 Å². The van der Waals surface area contributed by atoms with Gasteiger partial charge in [0.15, 0.2) is 17.8 Å². The summed E-state index contributed by atoms with van der Waals surface area (Å²) in [7, 11) is 1.71. The van der Waals surface area contributed by atoms with E-state index in [0.29, 0.717) is 42.9 Å². The number of nitrogens with two attached hydrogens (primary N) is 2. The number of carbonyl (C=O) groups is 2. The average molecular weight is 586 g/mol. The van der Waals surface area contributed by atoms with Crippen LogP contribution in [-0.4, -0.2) is 37.9 Å². The first-order chi connectivity index (χ1) is 19.8. The van der Waals surface area contributed by atoms with Gasteiger partial charge in [-0.25, -0.2) is 19.6 Å². The molecule has 226 valence electrons. The SMILES string of the molecule is CC.CNCc1ccc(F)cc1F.NCc1oc(-c2ccc(OC(F)F)c(OCC3CC3)c2)nc1C=O.NNC=O. The summed E-state index contributed by atoms with van der Waals surface area (Å²) in [4.78, 5) is 23.9. The number of oxazole rings is 1. The van der Waals surface area contributed by atoms with Gasteiger partial charge in [-0.15, -0.1) is 0 Å². The highest BCUT2D eigenvalue weighted by Gasteiger charge is 2.23. The Bertz CT molecular complexity index is 1210. The highest BCUT2D eigenvalue weighted by atomic mass is 19.3. The van der Waals surface area contributed by atoms with Gasteiger partial charge in [-0.05, 0) is 50.1 Å². The fraction of sp³-hybridized carbons (Fsp3) is 0.370. The van der Waals surface area contributed by atoms with E-state index in [-0.39, 0.29) is 35.4 Å². The molecule has 0 unspecified atom stereocenters. The highest BCUT2D eigenvalue weighted by molar-refractivity contribution is 5.75. The third kappa shape index (κ3) is 12.4. The summed E-state index contributed by atoms with van der Waals surface area (Å²) in [5, 5.41) is 2.78. The van der Waals surface area contributed by atoms with E-state index in [1.807, 2.05) is 13.8 Å². The summed E-state index contributed by atoms with van der Waals surface area (Å²) in [5.74, 6) is 4.36. The van der Waals surface area contributed by atoms with Crippen LogP contribution in [0, 0.1) is 17.6 Å². The molecule has 0 saturated heterocycles. The molecule has 2 aromatic carbocycles. The summed E-state index contributed by atoms with van der Waals surface area (Å²) in [5.41, 5.74) is 8.31. The monoisotopic (exact) mass is 585 g/mol. The van der Waals surface area contributed by atoms with Crippen LogP contribution in [0.2, 0.25) is 0 Å². The molecule has 0 aliphatic heterocycles. The topological polar surface area (TPSA) is 155 Å². The first-order valence-electron chi connectivity index (χ1n) is 12.6. The quantitative estimate of drug-likeness (QED) is 0.0847. The second-order valence-corrected chi connectivity index (χ2v) is 7.99. The summed E-state index contributed by atoms with van der Waals surface area (Å²) in [6.45, 7) is 1.93. The number of rotatable bonds is 11. The van der Waals surface area contributed by atoms with Gasteiger partial charge in [0.2, 0.25) is 12.3 Å². The molecule has 1 amide bonds. The number of nitrogens with one attached hydrogen (secondary N) is 2. The zero-order valence-electron chi connectivity index (χ0n) is 23.0. The maximum Gasteiger partial charge on any atom is 0.387 e. The van der Waals surface area contributed by atoms with E-state index < -0.39 is 18.2 Å². The summed E-state index contributed by atoms with van der Waals surface area (Å²) in [6, 6.07) is 7.92. The van der Waals surface area contributed by atoms with Crippen molar-refractivity contribution in [1.82, 2.24) is 15.7 Å². The molecule has 10 nitrogen and oxygen atoms in total. The molecule has 1 saturated carbocycles. The Labute approximate surface area is 235 Å². The van der Waals surface area contributed by atoms with Gasteiger partial charge in [0.05, 0.1) is 13.2 Å². The van der Waals surface area contributed by atoms with E-state index in [2.05, 4.69) is 20.9 Å². The number of hydrogen-bond donors (Lipinski definition) is 4. The number of hydrogen-bond acceptors (Lipinski definition) is 9. The number of aromatic nitrogens is 1. The lowest BCUT2D eigenvalue weighted by molar-refractivity contribution is -0.109. The fourth-order valence-electron chi connectivity index (χ4n) is 3.02. The Kier molecular flexibility index (Phi) is 16.3. The van der Waals surface area contributed by atoms with Crippen LogP contribution in [0.4, 0.5) is 17.6 Å². The average Bonchev–Trinajstić information content (AvgIpc) is 3.71. The molecule has 6 N–H and O–H groups in total. The van der Waals surface area contributed by atoms with Gasteiger partial charge in [0.1, 0.15) is 23.1 Å². The van der Waals surface area contributed by atoms with Gasteiger partial charge < -0.3 is 24.9 Å². The number of alkyl halides is 2. The van der Waals surface area contributed by atoms with Gasteiger partial charge in [0, 0.05) is 23.7 Å². The maximum atomic E-state index is 12.8. The third-order valence-corrected chi connectivity index (χ3v) is 5.05. The molecular weight excluding hydrogens is 550 g/mol. The molecule has 0 spiro atoms. The van der Waals surface area contributed by atoms with E-state index in [1.54, 1.807) is 12.5 Å². The van der Waals surface area contributed by atoms with E-state index >= 15 is 0 Å². The van der Waals surface area contributed by atoms with Crippen LogP contribution in [0.3, 0.4) is 0 Å². The molecule has 1 aromatic heterocycles. The van der Waals surface area contributed by atoms with Gasteiger partial charge in [-0.1, -0.05) is 19.9 Å². The number of amides is 1. The lowest BCUT2D eigenvalue weighted by Crippen LogP contribution is -2.18. The summed E-state index contributed by atoms with van der Waals surface area (Å²) < 4.78 is 65.6. The van der Waals surface area contributed by atoms with Crippen LogP contribution < -0.4 is 31.8 Å². The van der Waals surface area contributed by atoms with Gasteiger partial charge in [-0.3, -0.25) is 15.0 Å². The van der Waals surface area contributed by atoms with Crippen molar-refractivity contribution in [3.05, 3.63) is 65.1 Å². The summed E-state index contributed by atoms with van der Waals surface area (Å²) in [6.07, 6.45) is 3.08. The molecular formula is C27H35F4N5O5. The van der Waals surface area contributed by atoms with E-state index in [4.69, 9.17) is 19.7 Å². The van der Waals surface area contributed by atoms with Crippen LogP contribution in [0.5, 0.6) is 11.5 Å². The van der Waals surface area contributed by atoms with Gasteiger partial charge >= 0.3 is 6.61 Å². The van der Waals surface area contributed by atoms with Gasteiger partial charge in [-0.2, -0.15) is 8.78 Å². The molecule has 0 radical (unpaired) electrons. The number of hydrazine groups is 1. The number of carbonyl (C=O) groups excluding carboxylic acids is 2. The first kappa shape index (κ1) is 35.0. The first-order valence-corrected chi connectivity index (χ1v) is 12.6. The van der Waals surface area contributed by atoms with Crippen molar-refractivity contribution in [2.24, 2.45) is 17.5 Å². The predicted molar refractivity (Wildman–Crippen MR) is 144 cm³/mol. The second kappa shape index (κ2) is 19.1. The number of benzene rings is 2. The van der Waals surface area contributed by atoms with Crippen LogP contribution in [0.15, 0.2) is 40.8 Å². The number of nitrogens with zero attached hydrogens (tertiary/aromatic N) is 1. The maximum absolute atomic E-state index is 12.8. The number of ether oxygens (including phenoxy) is 2. The second-order valence-electron chi connectivity index (χ2n) is 7.99. The number of aldehydes is 1. The fourth-order valence-corrected chi connectivity index (χ4v) is 3.02. The van der Waals surface area contributed by atoms with E-state index in [1.165, 1.54) is 30.3 Å². The minimum atomic E-state index is -2.95. The van der Waals surface area contributed by atoms with Crippen molar-refractivity contribution in [2.75, 3.05) is 13.7 Å². The van der Waals surface area contributed by atoms with Crippen LogP contribution >= 0.6 is 0 Å². The Hall–Kier alpha value is -4.01. The molecule has 41 heavy (non-hydrogen) atoms. The largest absolute Gasteiger partial charge is 0.489 e. The van der Waals surface area contributed by atoms with Crippen LogP contribution in [0.1, 0.15) is 48.5 Å². The standard InChI is InChI=1S/C16H16F2N2O4.C8H9F2N.C2H6.CH4N2O/c17-16(18)24-12-4-3-10(5-13(12)22-8-9-1-2-9)15-20-11(7-21)14(6-19)23-15;1-11-5-6-2-3-7(9)4-8(6)10;1-2;2-3-1-4/h3-5,7,9,16H,1-2,6,8,19H2;2-4,11H,5H2,1H3;1-2H3;1H,2H2,(H,3,4). The molecule has 14 heteroatoms. The Morgan fingerprint density at radius 3 is 2.29 bits per heavy atom. The Balaban J connectivity index is 0.000000411. The molecule has 3 aromatic rings. The van der Waals surface area contributed by atoms with Gasteiger partial charge in [0.25, 0.3) is 0 Å². The molecule has 0 atom stereocenters. The lowest BCUT2D eigenvalue weighted by Gasteiger charge is -2.12. The van der Waals surface area contributed by atoms with E-state index in [9.17, 15) is 22.4 Å². The van der Waals surface area contributed by atoms with Crippen LogP contribution in [-0.2, 0) is 17.9 Å². The molecule has 1 aliphatic carbocycles. The minimum absolute atomic E-state index is 0.0265. The lowest BCUT2D eigenvalue weighted by atomic mass is 10.2. The number of halogens is 4. The normalized spacial score (nSPS) is 11.6. The van der Waals surface area contributed by atoms with Crippen molar-refractivity contribution in [2.45, 2.75) is 46.4 Å². The zero-order valence-corrected chi connectivity index (χ0v) is 23.0. The Morgan fingerprint density at radius 2 is 1.80 bits per heavy atom. The van der Waals surface area contributed by atoms with Crippen molar-refractivity contribution in [3.8, 4) is 23.0 Å². The van der Waals surface area contributed by atoms with Crippen molar-refractivity contribution >= 4 is 12.7 Å². The van der Waals surface area contributed by atoms with E-state index in [0.717, 1.165) is 18.9 Å². The van der Waals surface area contributed by atoms with Crippen molar-refractivity contribution in [3.63, 3.8) is 0 Å². The highest BCUT2D eigenvalue weighted by Crippen LogP contribution is 2.36. The van der Waals surface area contributed by atoms with Crippen molar-refractivity contribution in [1.29, 1.82) is 0 Å². The zero-order chi connectivity index (χ0) is 30.8. The molecule has 1 heterocycles. The van der Waals surface area contributed by atoms with Crippen LogP contribution in [0.25, 0.3) is 11.5 Å². The predicted octanol–water partition coefficient (Wildman–Crippen LogP) is 4.32. The third-order valence-electron chi connectivity index (χ3n) is 5.05. The molecule has 0 bridgehead atoms. The summed E-state index contributed by atoms with van der Waals surface area (Å²) >= 11 is 0. The molecule has 1 aliphatic rings. The minimum Gasteiger partial charge on any atom is -0.489 e. The molecule has 4 rings (SSSR count).